The van der Waals surface area contributed by atoms with Crippen LogP contribution in [0.25, 0.3) is 6.08 Å². The number of fused-ring (bicyclic) bond motifs is 1. The summed E-state index contributed by atoms with van der Waals surface area (Å²) >= 11 is 4.80. The minimum Gasteiger partial charge on any atom is -0.493 e. The first kappa shape index (κ1) is 27.2. The largest absolute Gasteiger partial charge is 0.493 e. The Balaban J connectivity index is 1.95. The molecule has 0 amide bonds. The fourth-order valence-corrected chi connectivity index (χ4v) is 5.71. The number of carbonyl (C=O) groups excluding carboxylic acids is 1. The van der Waals surface area contributed by atoms with Gasteiger partial charge in [-0.2, -0.15) is 5.26 Å². The molecular weight excluding hydrogens is 574 g/mol. The first-order valence-corrected chi connectivity index (χ1v) is 13.1. The van der Waals surface area contributed by atoms with E-state index in [-0.39, 0.29) is 24.3 Å². The molecule has 38 heavy (non-hydrogen) atoms. The van der Waals surface area contributed by atoms with Crippen molar-refractivity contribution >= 4 is 39.3 Å². The van der Waals surface area contributed by atoms with Crippen molar-refractivity contribution in [3.05, 3.63) is 83.0 Å². The summed E-state index contributed by atoms with van der Waals surface area (Å²) in [5.74, 6) is 0.894. The molecule has 196 valence electrons. The van der Waals surface area contributed by atoms with E-state index in [4.69, 9.17) is 24.2 Å². The van der Waals surface area contributed by atoms with E-state index in [0.29, 0.717) is 42.3 Å². The molecule has 2 heterocycles. The standard InChI is InChI=1S/C27H24BrN3O6S/c1-5-36-26(33)23-15(2)30-27-31(24(23)18-13-20(34-3)21(35-4)14-19(18)28)25(32)22(38-27)12-16-7-6-8-17(11-16)37-10-9-29/h6-8,11-14,24H,5,10H2,1-4H3/b22-12-/t24-/m1/s1. The summed E-state index contributed by atoms with van der Waals surface area (Å²) < 4.78 is 24.2. The number of hydrogen-bond donors (Lipinski definition) is 0. The predicted octanol–water partition coefficient (Wildman–Crippen LogP) is 3.48. The normalized spacial score (nSPS) is 14.8. The lowest BCUT2D eigenvalue weighted by Crippen LogP contribution is -2.40. The predicted molar refractivity (Wildman–Crippen MR) is 145 cm³/mol. The van der Waals surface area contributed by atoms with Crippen LogP contribution in [0, 0.1) is 11.3 Å². The third-order valence-corrected chi connectivity index (χ3v) is 7.44. The minimum atomic E-state index is -0.827. The molecule has 0 unspecified atom stereocenters. The average Bonchev–Trinajstić information content (AvgIpc) is 3.20. The average molecular weight is 598 g/mol. The Bertz CT molecular complexity index is 1650. The molecule has 1 atom stereocenters. The van der Waals surface area contributed by atoms with Crippen LogP contribution in [-0.4, -0.2) is 38.0 Å². The Labute approximate surface area is 231 Å². The van der Waals surface area contributed by atoms with Crippen LogP contribution < -0.4 is 29.1 Å². The molecule has 0 saturated heterocycles. The first-order chi connectivity index (χ1) is 18.3. The highest BCUT2D eigenvalue weighted by molar-refractivity contribution is 9.10. The molecule has 0 radical (unpaired) electrons. The number of nitriles is 1. The SMILES string of the molecule is CCOC(=O)C1=C(C)N=c2s/c(=C\c3cccc(OCC#N)c3)c(=O)n2[C@@H]1c1cc(OC)c(OC)cc1Br. The number of hydrogen-bond acceptors (Lipinski definition) is 9. The maximum atomic E-state index is 13.8. The highest BCUT2D eigenvalue weighted by Gasteiger charge is 2.35. The van der Waals surface area contributed by atoms with Gasteiger partial charge in [0.2, 0.25) is 0 Å². The van der Waals surface area contributed by atoms with Gasteiger partial charge >= 0.3 is 5.97 Å². The van der Waals surface area contributed by atoms with E-state index >= 15 is 0 Å². The van der Waals surface area contributed by atoms with E-state index in [2.05, 4.69) is 20.9 Å². The van der Waals surface area contributed by atoms with Crippen molar-refractivity contribution in [3.63, 3.8) is 0 Å². The summed E-state index contributed by atoms with van der Waals surface area (Å²) in [5, 5.41) is 8.79. The van der Waals surface area contributed by atoms with Gasteiger partial charge in [0.15, 0.2) is 22.9 Å². The molecule has 0 bridgehead atoms. The van der Waals surface area contributed by atoms with Crippen LogP contribution in [-0.2, 0) is 9.53 Å². The summed E-state index contributed by atoms with van der Waals surface area (Å²) in [5.41, 5.74) is 1.72. The number of benzene rings is 2. The lowest BCUT2D eigenvalue weighted by atomic mass is 9.95. The fraction of sp³-hybridized carbons (Fsp3) is 0.259. The lowest BCUT2D eigenvalue weighted by molar-refractivity contribution is -0.139. The van der Waals surface area contributed by atoms with E-state index in [1.54, 1.807) is 50.3 Å². The number of allylic oxidation sites excluding steroid dienone is 1. The summed E-state index contributed by atoms with van der Waals surface area (Å²) in [7, 11) is 3.05. The maximum Gasteiger partial charge on any atom is 0.338 e. The topological polar surface area (TPSA) is 112 Å². The quantitative estimate of drug-likeness (QED) is 0.365. The van der Waals surface area contributed by atoms with Crippen molar-refractivity contribution < 1.29 is 23.7 Å². The van der Waals surface area contributed by atoms with Gasteiger partial charge in [-0.05, 0) is 55.3 Å². The molecule has 9 nitrogen and oxygen atoms in total. The smallest absolute Gasteiger partial charge is 0.338 e. The molecule has 0 fully saturated rings. The molecule has 0 N–H and O–H groups in total. The molecule has 2 aromatic carbocycles. The number of methoxy groups -OCH3 is 2. The molecule has 0 spiro atoms. The van der Waals surface area contributed by atoms with Gasteiger partial charge in [-0.15, -0.1) is 0 Å². The molecule has 0 saturated carbocycles. The third kappa shape index (κ3) is 5.23. The molecule has 11 heteroatoms. The molecule has 1 aliphatic rings. The number of carbonyl (C=O) groups is 1. The third-order valence-electron chi connectivity index (χ3n) is 5.77. The lowest BCUT2D eigenvalue weighted by Gasteiger charge is -2.26. The number of nitrogens with zero attached hydrogens (tertiary/aromatic N) is 3. The Hall–Kier alpha value is -3.88. The van der Waals surface area contributed by atoms with Gasteiger partial charge < -0.3 is 18.9 Å². The van der Waals surface area contributed by atoms with E-state index in [9.17, 15) is 9.59 Å². The van der Waals surface area contributed by atoms with Gasteiger partial charge in [0, 0.05) is 4.47 Å². The van der Waals surface area contributed by atoms with Gasteiger partial charge in [0.1, 0.15) is 11.8 Å². The van der Waals surface area contributed by atoms with Crippen LogP contribution in [0.5, 0.6) is 17.2 Å². The summed E-state index contributed by atoms with van der Waals surface area (Å²) in [6.07, 6.45) is 1.73. The Morgan fingerprint density at radius 3 is 2.66 bits per heavy atom. The second-order valence-electron chi connectivity index (χ2n) is 8.05. The number of thiazole rings is 1. The summed E-state index contributed by atoms with van der Waals surface area (Å²) in [4.78, 5) is 32.0. The van der Waals surface area contributed by atoms with Crippen LogP contribution >= 0.6 is 27.3 Å². The van der Waals surface area contributed by atoms with Crippen LogP contribution in [0.3, 0.4) is 0 Å². The zero-order chi connectivity index (χ0) is 27.4. The van der Waals surface area contributed by atoms with E-state index in [0.717, 1.165) is 5.56 Å². The number of halogens is 1. The van der Waals surface area contributed by atoms with Crippen LogP contribution in [0.15, 0.2) is 61.9 Å². The Morgan fingerprint density at radius 1 is 1.24 bits per heavy atom. The van der Waals surface area contributed by atoms with E-state index in [1.165, 1.54) is 30.1 Å². The van der Waals surface area contributed by atoms with Crippen molar-refractivity contribution in [2.75, 3.05) is 27.4 Å². The molecule has 1 aliphatic heterocycles. The fourth-order valence-electron chi connectivity index (χ4n) is 4.13. The molecule has 4 rings (SSSR count). The number of ether oxygens (including phenoxy) is 4. The van der Waals surface area contributed by atoms with Crippen LogP contribution in [0.4, 0.5) is 0 Å². The van der Waals surface area contributed by atoms with Crippen molar-refractivity contribution in [2.45, 2.75) is 19.9 Å². The maximum absolute atomic E-state index is 13.8. The van der Waals surface area contributed by atoms with Gasteiger partial charge in [0.05, 0.1) is 42.7 Å². The summed E-state index contributed by atoms with van der Waals surface area (Å²) in [6.45, 7) is 3.53. The Morgan fingerprint density at radius 2 is 1.97 bits per heavy atom. The molecule has 1 aromatic heterocycles. The summed E-state index contributed by atoms with van der Waals surface area (Å²) in [6, 6.07) is 11.7. The monoisotopic (exact) mass is 597 g/mol. The van der Waals surface area contributed by atoms with Gasteiger partial charge in [-0.3, -0.25) is 9.36 Å². The number of rotatable bonds is 8. The highest BCUT2D eigenvalue weighted by atomic mass is 79.9. The molecule has 0 aliphatic carbocycles. The second-order valence-corrected chi connectivity index (χ2v) is 9.91. The van der Waals surface area contributed by atoms with E-state index in [1.807, 2.05) is 12.1 Å². The van der Waals surface area contributed by atoms with Crippen LogP contribution in [0.1, 0.15) is 31.0 Å². The van der Waals surface area contributed by atoms with Crippen molar-refractivity contribution in [1.29, 1.82) is 5.26 Å². The first-order valence-electron chi connectivity index (χ1n) is 11.5. The molecular formula is C27H24BrN3O6S. The number of aromatic nitrogens is 1. The van der Waals surface area contributed by atoms with Gasteiger partial charge in [-0.25, -0.2) is 9.79 Å². The number of esters is 1. The second kappa shape index (κ2) is 11.7. The van der Waals surface area contributed by atoms with Crippen molar-refractivity contribution in [3.8, 4) is 23.3 Å². The Kier molecular flexibility index (Phi) is 8.34. The zero-order valence-corrected chi connectivity index (χ0v) is 23.5. The van der Waals surface area contributed by atoms with Gasteiger partial charge in [0.25, 0.3) is 5.56 Å². The van der Waals surface area contributed by atoms with Crippen molar-refractivity contribution in [1.82, 2.24) is 4.57 Å². The zero-order valence-electron chi connectivity index (χ0n) is 21.1. The minimum absolute atomic E-state index is 0.0816. The van der Waals surface area contributed by atoms with Crippen molar-refractivity contribution in [2.24, 2.45) is 4.99 Å². The highest BCUT2D eigenvalue weighted by Crippen LogP contribution is 2.40. The van der Waals surface area contributed by atoms with Gasteiger partial charge in [-0.1, -0.05) is 39.4 Å². The van der Waals surface area contributed by atoms with Crippen LogP contribution in [0.2, 0.25) is 0 Å². The van der Waals surface area contributed by atoms with E-state index < -0.39 is 12.0 Å². The molecule has 3 aromatic rings.